The first kappa shape index (κ1) is 16.8. The maximum atomic E-state index is 12.6. The van der Waals surface area contributed by atoms with E-state index in [1.54, 1.807) is 16.4 Å². The van der Waals surface area contributed by atoms with Crippen LogP contribution in [0.3, 0.4) is 0 Å². The Labute approximate surface area is 136 Å². The molecule has 0 saturated carbocycles. The Bertz CT molecular complexity index is 612. The summed E-state index contributed by atoms with van der Waals surface area (Å²) in [6, 6.07) is 4.60. The monoisotopic (exact) mass is 352 g/mol. The Balaban J connectivity index is 0.00000161. The van der Waals surface area contributed by atoms with Crippen LogP contribution in [0.15, 0.2) is 23.1 Å². The van der Waals surface area contributed by atoms with Crippen LogP contribution in [0.1, 0.15) is 0 Å². The largest absolute Gasteiger partial charge is 0.495 e. The van der Waals surface area contributed by atoms with Gasteiger partial charge in [0, 0.05) is 13.1 Å². The number of ether oxygens (including phenoxy) is 1. The Hall–Kier alpha value is -0.530. The molecule has 1 N–H and O–H groups in total. The van der Waals surface area contributed by atoms with Gasteiger partial charge in [-0.3, -0.25) is 0 Å². The highest BCUT2D eigenvalue weighted by Crippen LogP contribution is 2.33. The van der Waals surface area contributed by atoms with E-state index in [1.807, 2.05) is 0 Å². The third-order valence-corrected chi connectivity index (χ3v) is 6.24. The predicted molar refractivity (Wildman–Crippen MR) is 83.9 cm³/mol. The van der Waals surface area contributed by atoms with Crippen LogP contribution in [0, 0.1) is 11.8 Å². The van der Waals surface area contributed by atoms with E-state index in [-0.39, 0.29) is 17.3 Å². The molecule has 118 valence electrons. The molecule has 2 heterocycles. The Morgan fingerprint density at radius 2 is 1.90 bits per heavy atom. The second-order valence-corrected chi connectivity index (χ2v) is 7.64. The van der Waals surface area contributed by atoms with E-state index in [9.17, 15) is 8.42 Å². The number of benzene rings is 1. The lowest BCUT2D eigenvalue weighted by Gasteiger charge is -2.18. The van der Waals surface area contributed by atoms with E-state index in [4.69, 9.17) is 16.3 Å². The minimum atomic E-state index is -3.46. The van der Waals surface area contributed by atoms with Crippen molar-refractivity contribution in [2.75, 3.05) is 33.3 Å². The molecule has 1 aromatic carbocycles. The summed E-state index contributed by atoms with van der Waals surface area (Å²) in [6.45, 7) is 2.98. The number of rotatable bonds is 3. The molecule has 0 spiro atoms. The molecular weight excluding hydrogens is 335 g/mol. The first-order chi connectivity index (χ1) is 9.52. The van der Waals surface area contributed by atoms with E-state index in [0.29, 0.717) is 35.7 Å². The van der Waals surface area contributed by atoms with Crippen molar-refractivity contribution < 1.29 is 13.2 Å². The molecule has 2 atom stereocenters. The van der Waals surface area contributed by atoms with Gasteiger partial charge in [-0.05, 0) is 43.1 Å². The maximum Gasteiger partial charge on any atom is 0.243 e. The average Bonchev–Trinajstić information content (AvgIpc) is 2.99. The van der Waals surface area contributed by atoms with Gasteiger partial charge in [0.25, 0.3) is 0 Å². The quantitative estimate of drug-likeness (QED) is 0.897. The van der Waals surface area contributed by atoms with Gasteiger partial charge in [0.05, 0.1) is 17.0 Å². The van der Waals surface area contributed by atoms with Gasteiger partial charge in [-0.1, -0.05) is 11.6 Å². The molecule has 5 nitrogen and oxygen atoms in total. The van der Waals surface area contributed by atoms with Crippen molar-refractivity contribution >= 4 is 34.0 Å². The molecule has 2 saturated heterocycles. The molecule has 21 heavy (non-hydrogen) atoms. The molecule has 2 fully saturated rings. The van der Waals surface area contributed by atoms with Crippen LogP contribution in [0.4, 0.5) is 0 Å². The summed E-state index contributed by atoms with van der Waals surface area (Å²) < 4.78 is 31.9. The summed E-state index contributed by atoms with van der Waals surface area (Å²) in [5.41, 5.74) is 0. The number of sulfonamides is 1. The molecule has 2 aliphatic rings. The van der Waals surface area contributed by atoms with Gasteiger partial charge in [-0.25, -0.2) is 8.42 Å². The lowest BCUT2D eigenvalue weighted by molar-refractivity contribution is 0.414. The highest BCUT2D eigenvalue weighted by atomic mass is 35.5. The number of hydrogen-bond acceptors (Lipinski definition) is 4. The van der Waals surface area contributed by atoms with Crippen molar-refractivity contribution in [2.24, 2.45) is 11.8 Å². The van der Waals surface area contributed by atoms with E-state index in [0.717, 1.165) is 13.1 Å². The summed E-state index contributed by atoms with van der Waals surface area (Å²) >= 11 is 6.02. The van der Waals surface area contributed by atoms with Crippen LogP contribution in [-0.4, -0.2) is 46.0 Å². The fraction of sp³-hybridized carbons (Fsp3) is 0.538. The molecule has 0 amide bonds. The number of fused-ring (bicyclic) bond motifs is 1. The molecular formula is C13H18Cl2N2O3S. The van der Waals surface area contributed by atoms with Crippen molar-refractivity contribution in [3.8, 4) is 5.75 Å². The van der Waals surface area contributed by atoms with E-state index < -0.39 is 10.0 Å². The van der Waals surface area contributed by atoms with Gasteiger partial charge in [-0.2, -0.15) is 4.31 Å². The number of nitrogens with zero attached hydrogens (tertiary/aromatic N) is 1. The molecule has 3 rings (SSSR count). The van der Waals surface area contributed by atoms with Gasteiger partial charge in [0.1, 0.15) is 5.75 Å². The number of hydrogen-bond donors (Lipinski definition) is 1. The fourth-order valence-corrected chi connectivity index (χ4v) is 4.87. The minimum absolute atomic E-state index is 0. The van der Waals surface area contributed by atoms with Crippen LogP contribution in [0.5, 0.6) is 5.75 Å². The highest BCUT2D eigenvalue weighted by molar-refractivity contribution is 7.89. The van der Waals surface area contributed by atoms with Crippen LogP contribution in [0.25, 0.3) is 0 Å². The topological polar surface area (TPSA) is 58.6 Å². The SMILES string of the molecule is COc1ccc(S(=O)(=O)N2C[C@H]3CNC[C@H]3C2)cc1Cl.Cl. The summed E-state index contributed by atoms with van der Waals surface area (Å²) in [7, 11) is -1.96. The predicted octanol–water partition coefficient (Wildman–Crippen LogP) is 1.61. The summed E-state index contributed by atoms with van der Waals surface area (Å²) in [5.74, 6) is 1.34. The molecule has 2 aliphatic heterocycles. The standard InChI is InChI=1S/C13H17ClN2O3S.ClH/c1-19-13-3-2-11(4-12(13)14)20(17,18)16-7-9-5-15-6-10(9)8-16;/h2-4,9-10,15H,5-8H2,1H3;1H/t9-,10+;. The first-order valence-corrected chi connectivity index (χ1v) is 8.38. The van der Waals surface area contributed by atoms with Gasteiger partial charge in [0.2, 0.25) is 10.0 Å². The first-order valence-electron chi connectivity index (χ1n) is 6.57. The zero-order valence-corrected chi connectivity index (χ0v) is 14.0. The molecule has 0 aromatic heterocycles. The van der Waals surface area contributed by atoms with E-state index in [2.05, 4.69) is 5.32 Å². The number of halogens is 2. The summed E-state index contributed by atoms with van der Waals surface area (Å²) in [6.07, 6.45) is 0. The molecule has 0 radical (unpaired) electrons. The van der Waals surface area contributed by atoms with Crippen LogP contribution in [-0.2, 0) is 10.0 Å². The Morgan fingerprint density at radius 3 is 2.43 bits per heavy atom. The second kappa shape index (κ2) is 6.30. The zero-order chi connectivity index (χ0) is 14.3. The molecule has 8 heteroatoms. The fourth-order valence-electron chi connectivity index (χ4n) is 2.97. The molecule has 0 aliphatic carbocycles. The summed E-state index contributed by atoms with van der Waals surface area (Å²) in [5, 5.41) is 3.62. The highest BCUT2D eigenvalue weighted by Gasteiger charge is 2.41. The maximum absolute atomic E-state index is 12.6. The van der Waals surface area contributed by atoms with E-state index >= 15 is 0 Å². The van der Waals surface area contributed by atoms with Gasteiger partial charge >= 0.3 is 0 Å². The van der Waals surface area contributed by atoms with Crippen LogP contribution in [0.2, 0.25) is 5.02 Å². The normalized spacial score (nSPS) is 25.4. The van der Waals surface area contributed by atoms with E-state index in [1.165, 1.54) is 13.2 Å². The van der Waals surface area contributed by atoms with Gasteiger partial charge < -0.3 is 10.1 Å². The Morgan fingerprint density at radius 1 is 1.29 bits per heavy atom. The van der Waals surface area contributed by atoms with Gasteiger partial charge in [0.15, 0.2) is 0 Å². The van der Waals surface area contributed by atoms with Crippen molar-refractivity contribution in [2.45, 2.75) is 4.90 Å². The smallest absolute Gasteiger partial charge is 0.243 e. The lowest BCUT2D eigenvalue weighted by atomic mass is 10.0. The lowest BCUT2D eigenvalue weighted by Crippen LogP contribution is -2.31. The molecule has 0 unspecified atom stereocenters. The molecule has 0 bridgehead atoms. The van der Waals surface area contributed by atoms with Crippen molar-refractivity contribution in [1.82, 2.24) is 9.62 Å². The second-order valence-electron chi connectivity index (χ2n) is 5.30. The molecule has 1 aromatic rings. The number of methoxy groups -OCH3 is 1. The Kier molecular flexibility index (Phi) is 5.05. The third-order valence-electron chi connectivity index (χ3n) is 4.12. The zero-order valence-electron chi connectivity index (χ0n) is 11.6. The van der Waals surface area contributed by atoms with Crippen molar-refractivity contribution in [1.29, 1.82) is 0 Å². The van der Waals surface area contributed by atoms with Crippen molar-refractivity contribution in [3.63, 3.8) is 0 Å². The van der Waals surface area contributed by atoms with Crippen LogP contribution >= 0.6 is 24.0 Å². The third kappa shape index (κ3) is 3.00. The van der Waals surface area contributed by atoms with Crippen LogP contribution < -0.4 is 10.1 Å². The van der Waals surface area contributed by atoms with Crippen molar-refractivity contribution in [3.05, 3.63) is 23.2 Å². The van der Waals surface area contributed by atoms with Gasteiger partial charge in [-0.15, -0.1) is 12.4 Å². The number of nitrogens with one attached hydrogen (secondary N) is 1. The summed E-state index contributed by atoms with van der Waals surface area (Å²) in [4.78, 5) is 0.233. The minimum Gasteiger partial charge on any atom is -0.495 e. The average molecular weight is 353 g/mol.